The number of nitrogen functional groups attached to an aromatic ring is 1. The molecule has 0 saturated heterocycles. The van der Waals surface area contributed by atoms with E-state index in [1.807, 2.05) is 28.8 Å². The van der Waals surface area contributed by atoms with Gasteiger partial charge in [-0.3, -0.25) is 4.57 Å². The largest absolute Gasteiger partial charge is 0.493 e. The highest BCUT2D eigenvalue weighted by Crippen LogP contribution is 2.39. The summed E-state index contributed by atoms with van der Waals surface area (Å²) in [7, 11) is 0. The molecule has 0 amide bonds. The number of halogens is 1. The molecular weight excluding hydrogens is 340 g/mol. The molecule has 0 spiro atoms. The molecule has 1 saturated carbocycles. The monoisotopic (exact) mass is 354 g/mol. The van der Waals surface area contributed by atoms with Crippen molar-refractivity contribution in [1.29, 1.82) is 0 Å². The molecule has 0 bridgehead atoms. The Morgan fingerprint density at radius 3 is 3.00 bits per heavy atom. The van der Waals surface area contributed by atoms with Crippen molar-refractivity contribution in [2.45, 2.75) is 24.0 Å². The number of nitrogens with zero attached hydrogens (tertiary/aromatic N) is 3. The Morgan fingerprint density at radius 2 is 2.25 bits per heavy atom. The van der Waals surface area contributed by atoms with Gasteiger partial charge in [0.2, 0.25) is 5.95 Å². The van der Waals surface area contributed by atoms with Gasteiger partial charge in [0.25, 0.3) is 0 Å². The number of hydrogen-bond acceptors (Lipinski definition) is 5. The SMILES string of the molecule is Nc1nnc(SCCOc2cccc(Br)c2)n1C1CC1. The number of rotatable bonds is 6. The summed E-state index contributed by atoms with van der Waals surface area (Å²) in [6.07, 6.45) is 2.34. The second kappa shape index (κ2) is 6.05. The van der Waals surface area contributed by atoms with E-state index in [0.717, 1.165) is 21.1 Å². The lowest BCUT2D eigenvalue weighted by molar-refractivity contribution is 0.343. The molecule has 0 aliphatic heterocycles. The zero-order valence-electron chi connectivity index (χ0n) is 10.8. The highest BCUT2D eigenvalue weighted by molar-refractivity contribution is 9.10. The topological polar surface area (TPSA) is 66.0 Å². The van der Waals surface area contributed by atoms with Gasteiger partial charge in [-0.1, -0.05) is 33.8 Å². The molecule has 1 aromatic heterocycles. The summed E-state index contributed by atoms with van der Waals surface area (Å²) in [6.45, 7) is 0.624. The van der Waals surface area contributed by atoms with Crippen LogP contribution in [0.1, 0.15) is 18.9 Å². The highest BCUT2D eigenvalue weighted by Gasteiger charge is 2.28. The van der Waals surface area contributed by atoms with E-state index >= 15 is 0 Å². The lowest BCUT2D eigenvalue weighted by atomic mass is 10.3. The van der Waals surface area contributed by atoms with Crippen molar-refractivity contribution in [3.63, 3.8) is 0 Å². The summed E-state index contributed by atoms with van der Waals surface area (Å²) < 4.78 is 8.74. The van der Waals surface area contributed by atoms with E-state index in [4.69, 9.17) is 10.5 Å². The van der Waals surface area contributed by atoms with Gasteiger partial charge in [-0.25, -0.2) is 0 Å². The second-order valence-electron chi connectivity index (χ2n) is 4.60. The Balaban J connectivity index is 1.50. The molecule has 3 rings (SSSR count). The van der Waals surface area contributed by atoms with Crippen LogP contribution in [0.2, 0.25) is 0 Å². The molecule has 0 atom stereocenters. The van der Waals surface area contributed by atoms with Crippen LogP contribution < -0.4 is 10.5 Å². The van der Waals surface area contributed by atoms with Crippen molar-refractivity contribution >= 4 is 33.6 Å². The zero-order chi connectivity index (χ0) is 13.9. The Morgan fingerprint density at radius 1 is 1.40 bits per heavy atom. The van der Waals surface area contributed by atoms with Crippen LogP contribution in [0.4, 0.5) is 5.95 Å². The van der Waals surface area contributed by atoms with E-state index in [9.17, 15) is 0 Å². The molecule has 106 valence electrons. The van der Waals surface area contributed by atoms with Gasteiger partial charge in [0.05, 0.1) is 6.61 Å². The highest BCUT2D eigenvalue weighted by atomic mass is 79.9. The van der Waals surface area contributed by atoms with Crippen LogP contribution in [-0.4, -0.2) is 27.1 Å². The van der Waals surface area contributed by atoms with Gasteiger partial charge in [0, 0.05) is 16.3 Å². The van der Waals surface area contributed by atoms with Crippen LogP contribution in [0.5, 0.6) is 5.75 Å². The second-order valence-corrected chi connectivity index (χ2v) is 6.57. The molecular formula is C13H15BrN4OS. The van der Waals surface area contributed by atoms with Gasteiger partial charge < -0.3 is 10.5 Å². The maximum Gasteiger partial charge on any atom is 0.222 e. The molecule has 2 aromatic rings. The third-order valence-electron chi connectivity index (χ3n) is 2.98. The van der Waals surface area contributed by atoms with Gasteiger partial charge in [0.1, 0.15) is 5.75 Å². The van der Waals surface area contributed by atoms with Crippen molar-refractivity contribution in [1.82, 2.24) is 14.8 Å². The first kappa shape index (κ1) is 13.8. The van der Waals surface area contributed by atoms with Gasteiger partial charge >= 0.3 is 0 Å². The smallest absolute Gasteiger partial charge is 0.222 e. The molecule has 20 heavy (non-hydrogen) atoms. The number of nitrogens with two attached hydrogens (primary N) is 1. The van der Waals surface area contributed by atoms with Crippen LogP contribution in [-0.2, 0) is 0 Å². The van der Waals surface area contributed by atoms with Gasteiger partial charge in [-0.05, 0) is 31.0 Å². The minimum Gasteiger partial charge on any atom is -0.493 e. The summed E-state index contributed by atoms with van der Waals surface area (Å²) in [5, 5.41) is 8.96. The molecule has 7 heteroatoms. The molecule has 1 aliphatic rings. The molecule has 1 fully saturated rings. The number of thioether (sulfide) groups is 1. The van der Waals surface area contributed by atoms with Crippen molar-refractivity contribution < 1.29 is 4.74 Å². The van der Waals surface area contributed by atoms with Crippen molar-refractivity contribution in [2.75, 3.05) is 18.1 Å². The molecule has 1 aromatic carbocycles. The molecule has 0 radical (unpaired) electrons. The summed E-state index contributed by atoms with van der Waals surface area (Å²) >= 11 is 5.05. The average Bonchev–Trinajstić information content (AvgIpc) is 3.19. The van der Waals surface area contributed by atoms with Gasteiger partial charge in [-0.15, -0.1) is 10.2 Å². The lowest BCUT2D eigenvalue weighted by Crippen LogP contribution is -2.04. The fourth-order valence-corrected chi connectivity index (χ4v) is 3.12. The minimum absolute atomic E-state index is 0.499. The lowest BCUT2D eigenvalue weighted by Gasteiger charge is -2.07. The number of aromatic nitrogens is 3. The first-order valence-corrected chi connectivity index (χ1v) is 8.23. The van der Waals surface area contributed by atoms with Crippen LogP contribution >= 0.6 is 27.7 Å². The number of hydrogen-bond donors (Lipinski definition) is 1. The number of ether oxygens (including phenoxy) is 1. The zero-order valence-corrected chi connectivity index (χ0v) is 13.2. The third-order valence-corrected chi connectivity index (χ3v) is 4.38. The van der Waals surface area contributed by atoms with Crippen LogP contribution in [0.3, 0.4) is 0 Å². The molecule has 0 unspecified atom stereocenters. The number of benzene rings is 1. The summed E-state index contributed by atoms with van der Waals surface area (Å²) in [4.78, 5) is 0. The van der Waals surface area contributed by atoms with Crippen molar-refractivity contribution in [3.8, 4) is 5.75 Å². The minimum atomic E-state index is 0.499. The number of anilines is 1. The van der Waals surface area contributed by atoms with Crippen LogP contribution in [0, 0.1) is 0 Å². The predicted octanol–water partition coefficient (Wildman–Crippen LogP) is 3.13. The molecule has 1 heterocycles. The Labute approximate surface area is 130 Å². The van der Waals surface area contributed by atoms with E-state index in [0.29, 0.717) is 18.6 Å². The van der Waals surface area contributed by atoms with E-state index in [2.05, 4.69) is 26.1 Å². The summed E-state index contributed by atoms with van der Waals surface area (Å²) in [5.41, 5.74) is 5.83. The van der Waals surface area contributed by atoms with Crippen molar-refractivity contribution in [2.24, 2.45) is 0 Å². The third kappa shape index (κ3) is 3.27. The average molecular weight is 355 g/mol. The van der Waals surface area contributed by atoms with Gasteiger partial charge in [0.15, 0.2) is 5.16 Å². The molecule has 1 aliphatic carbocycles. The standard InChI is InChI=1S/C13H15BrN4OS/c14-9-2-1-3-11(8-9)19-6-7-20-13-17-16-12(15)18(13)10-4-5-10/h1-3,8,10H,4-7H2,(H2,15,16). The Kier molecular flexibility index (Phi) is 4.16. The fourth-order valence-electron chi connectivity index (χ4n) is 1.91. The first-order valence-electron chi connectivity index (χ1n) is 6.45. The quantitative estimate of drug-likeness (QED) is 0.637. The van der Waals surface area contributed by atoms with E-state index < -0.39 is 0 Å². The summed E-state index contributed by atoms with van der Waals surface area (Å²) in [6, 6.07) is 8.33. The Bertz CT molecular complexity index is 600. The maximum atomic E-state index is 5.83. The summed E-state index contributed by atoms with van der Waals surface area (Å²) in [5.74, 6) is 2.20. The van der Waals surface area contributed by atoms with Gasteiger partial charge in [-0.2, -0.15) is 0 Å². The maximum absolute atomic E-state index is 5.83. The van der Waals surface area contributed by atoms with Crippen molar-refractivity contribution in [3.05, 3.63) is 28.7 Å². The normalized spacial score (nSPS) is 14.4. The van der Waals surface area contributed by atoms with E-state index in [1.165, 1.54) is 12.8 Å². The molecule has 2 N–H and O–H groups in total. The predicted molar refractivity (Wildman–Crippen MR) is 83.1 cm³/mol. The van der Waals surface area contributed by atoms with Crippen LogP contribution in [0.15, 0.2) is 33.9 Å². The van der Waals surface area contributed by atoms with E-state index in [1.54, 1.807) is 11.8 Å². The first-order chi connectivity index (χ1) is 9.74. The van der Waals surface area contributed by atoms with Crippen LogP contribution in [0.25, 0.3) is 0 Å². The fraction of sp³-hybridized carbons (Fsp3) is 0.385. The molecule has 5 nitrogen and oxygen atoms in total. The van der Waals surface area contributed by atoms with E-state index in [-0.39, 0.29) is 0 Å². The Hall–Kier alpha value is -1.21.